The Morgan fingerprint density at radius 3 is 2.82 bits per heavy atom. The lowest BCUT2D eigenvalue weighted by atomic mass is 10.1. The van der Waals surface area contributed by atoms with E-state index in [9.17, 15) is 9.59 Å². The van der Waals surface area contributed by atoms with Crippen molar-refractivity contribution in [2.24, 2.45) is 5.92 Å². The Hall–Kier alpha value is -1.50. The van der Waals surface area contributed by atoms with Crippen molar-refractivity contribution in [3.63, 3.8) is 0 Å². The van der Waals surface area contributed by atoms with E-state index >= 15 is 0 Å². The zero-order valence-electron chi connectivity index (χ0n) is 10.5. The molecule has 1 saturated heterocycles. The molecule has 0 aromatic carbocycles. The molecule has 1 rings (SSSR count). The van der Waals surface area contributed by atoms with Gasteiger partial charge in [0, 0.05) is 13.0 Å². The fourth-order valence-corrected chi connectivity index (χ4v) is 2.06. The average molecular weight is 236 g/mol. The Morgan fingerprint density at radius 1 is 1.53 bits per heavy atom. The summed E-state index contributed by atoms with van der Waals surface area (Å²) in [6, 6.07) is -0.324. The SMILES string of the molecule is C#CCNC(=O)C1CCCN1C(=O)CC(C)C. The van der Waals surface area contributed by atoms with Gasteiger partial charge >= 0.3 is 0 Å². The van der Waals surface area contributed by atoms with Crippen molar-refractivity contribution in [2.45, 2.75) is 39.2 Å². The first-order valence-electron chi connectivity index (χ1n) is 6.07. The number of nitrogens with zero attached hydrogens (tertiary/aromatic N) is 1. The van der Waals surface area contributed by atoms with Gasteiger partial charge < -0.3 is 10.2 Å². The highest BCUT2D eigenvalue weighted by atomic mass is 16.2. The van der Waals surface area contributed by atoms with Crippen LogP contribution in [0.2, 0.25) is 0 Å². The third kappa shape index (κ3) is 3.77. The van der Waals surface area contributed by atoms with E-state index in [4.69, 9.17) is 6.42 Å². The number of carbonyl (C=O) groups is 2. The zero-order chi connectivity index (χ0) is 12.8. The molecule has 2 amide bonds. The molecule has 0 aliphatic carbocycles. The summed E-state index contributed by atoms with van der Waals surface area (Å²) in [5.74, 6) is 2.62. The van der Waals surface area contributed by atoms with Gasteiger partial charge in [0.2, 0.25) is 11.8 Å². The maximum Gasteiger partial charge on any atom is 0.243 e. The minimum absolute atomic E-state index is 0.0679. The van der Waals surface area contributed by atoms with Crippen LogP contribution in [0.5, 0.6) is 0 Å². The number of carbonyl (C=O) groups excluding carboxylic acids is 2. The minimum atomic E-state index is -0.324. The first-order valence-corrected chi connectivity index (χ1v) is 6.07. The van der Waals surface area contributed by atoms with Crippen LogP contribution in [0.3, 0.4) is 0 Å². The fraction of sp³-hybridized carbons (Fsp3) is 0.692. The summed E-state index contributed by atoms with van der Waals surface area (Å²) in [5.41, 5.74) is 0. The van der Waals surface area contributed by atoms with Crippen molar-refractivity contribution < 1.29 is 9.59 Å². The largest absolute Gasteiger partial charge is 0.343 e. The molecule has 0 aromatic rings. The molecule has 0 aromatic heterocycles. The van der Waals surface area contributed by atoms with Crippen LogP contribution in [-0.4, -0.2) is 35.8 Å². The standard InChI is InChI=1S/C13H20N2O2/c1-4-7-14-13(17)11-6-5-8-15(11)12(16)9-10(2)3/h1,10-11H,5-9H2,2-3H3,(H,14,17). The predicted molar refractivity (Wildman–Crippen MR) is 66.0 cm³/mol. The van der Waals surface area contributed by atoms with Crippen LogP contribution in [0.25, 0.3) is 0 Å². The van der Waals surface area contributed by atoms with E-state index in [2.05, 4.69) is 11.2 Å². The third-order valence-corrected chi connectivity index (χ3v) is 2.82. The summed E-state index contributed by atoms with van der Waals surface area (Å²) in [6.45, 7) is 4.91. The van der Waals surface area contributed by atoms with Gasteiger partial charge in [-0.1, -0.05) is 19.8 Å². The van der Waals surface area contributed by atoms with E-state index in [-0.39, 0.29) is 24.4 Å². The summed E-state index contributed by atoms with van der Waals surface area (Å²) < 4.78 is 0. The van der Waals surface area contributed by atoms with E-state index in [1.54, 1.807) is 4.90 Å². The van der Waals surface area contributed by atoms with Gasteiger partial charge in [0.05, 0.1) is 6.54 Å². The van der Waals surface area contributed by atoms with Crippen molar-refractivity contribution in [2.75, 3.05) is 13.1 Å². The second-order valence-electron chi connectivity index (χ2n) is 4.77. The van der Waals surface area contributed by atoms with Crippen LogP contribution < -0.4 is 5.32 Å². The molecule has 94 valence electrons. The molecular weight excluding hydrogens is 216 g/mol. The summed E-state index contributed by atoms with van der Waals surface area (Å²) in [5, 5.41) is 2.64. The quantitative estimate of drug-likeness (QED) is 0.733. The Kier molecular flexibility index (Phi) is 5.02. The number of amides is 2. The van der Waals surface area contributed by atoms with E-state index in [1.165, 1.54) is 0 Å². The zero-order valence-corrected chi connectivity index (χ0v) is 10.5. The Balaban J connectivity index is 2.57. The van der Waals surface area contributed by atoms with E-state index < -0.39 is 0 Å². The van der Waals surface area contributed by atoms with Gasteiger partial charge in [-0.25, -0.2) is 0 Å². The van der Waals surface area contributed by atoms with Gasteiger partial charge in [0.1, 0.15) is 6.04 Å². The lowest BCUT2D eigenvalue weighted by molar-refractivity contribution is -0.138. The number of rotatable bonds is 4. The van der Waals surface area contributed by atoms with E-state index in [0.717, 1.165) is 12.8 Å². The van der Waals surface area contributed by atoms with Crippen LogP contribution in [0.1, 0.15) is 33.1 Å². The number of likely N-dealkylation sites (tertiary alicyclic amines) is 1. The monoisotopic (exact) mass is 236 g/mol. The first kappa shape index (κ1) is 13.6. The molecule has 1 aliphatic heterocycles. The average Bonchev–Trinajstić information content (AvgIpc) is 2.73. The van der Waals surface area contributed by atoms with Crippen LogP contribution in [0.4, 0.5) is 0 Å². The number of nitrogens with one attached hydrogen (secondary N) is 1. The fourth-order valence-electron chi connectivity index (χ4n) is 2.06. The molecule has 4 nitrogen and oxygen atoms in total. The molecule has 1 fully saturated rings. The van der Waals surface area contributed by atoms with Crippen molar-refractivity contribution in [1.29, 1.82) is 0 Å². The minimum Gasteiger partial charge on any atom is -0.343 e. The molecule has 0 saturated carbocycles. The van der Waals surface area contributed by atoms with Crippen LogP contribution in [0, 0.1) is 18.3 Å². The highest BCUT2D eigenvalue weighted by Gasteiger charge is 2.33. The summed E-state index contributed by atoms with van der Waals surface area (Å²) >= 11 is 0. The Bertz CT molecular complexity index is 331. The number of hydrogen-bond acceptors (Lipinski definition) is 2. The van der Waals surface area contributed by atoms with Gasteiger partial charge in [-0.2, -0.15) is 0 Å². The first-order chi connectivity index (χ1) is 8.06. The Labute approximate surface area is 103 Å². The molecule has 1 heterocycles. The van der Waals surface area contributed by atoms with Gasteiger partial charge in [-0.05, 0) is 18.8 Å². The molecule has 0 bridgehead atoms. The molecule has 0 radical (unpaired) electrons. The summed E-state index contributed by atoms with van der Waals surface area (Å²) in [6.07, 6.45) is 7.21. The second-order valence-corrected chi connectivity index (χ2v) is 4.77. The maximum absolute atomic E-state index is 12.0. The van der Waals surface area contributed by atoms with Crippen LogP contribution in [0.15, 0.2) is 0 Å². The number of terminal acetylenes is 1. The van der Waals surface area contributed by atoms with Gasteiger partial charge in [0.25, 0.3) is 0 Å². The maximum atomic E-state index is 12.0. The van der Waals surface area contributed by atoms with Crippen molar-refractivity contribution in [1.82, 2.24) is 10.2 Å². The molecule has 1 unspecified atom stereocenters. The van der Waals surface area contributed by atoms with Crippen LogP contribution in [-0.2, 0) is 9.59 Å². The van der Waals surface area contributed by atoms with Gasteiger partial charge in [-0.3, -0.25) is 9.59 Å². The summed E-state index contributed by atoms with van der Waals surface area (Å²) in [4.78, 5) is 25.4. The number of hydrogen-bond donors (Lipinski definition) is 1. The van der Waals surface area contributed by atoms with Crippen molar-refractivity contribution in [3.8, 4) is 12.3 Å². The third-order valence-electron chi connectivity index (χ3n) is 2.82. The molecule has 1 aliphatic rings. The smallest absolute Gasteiger partial charge is 0.243 e. The Morgan fingerprint density at radius 2 is 2.24 bits per heavy atom. The molecule has 4 heteroatoms. The molecular formula is C13H20N2O2. The normalized spacial score (nSPS) is 19.2. The predicted octanol–water partition coefficient (Wildman–Crippen LogP) is 0.773. The van der Waals surface area contributed by atoms with Gasteiger partial charge in [-0.15, -0.1) is 6.42 Å². The summed E-state index contributed by atoms with van der Waals surface area (Å²) in [7, 11) is 0. The molecule has 0 spiro atoms. The highest BCUT2D eigenvalue weighted by molar-refractivity contribution is 5.88. The lowest BCUT2D eigenvalue weighted by Gasteiger charge is -2.24. The molecule has 1 N–H and O–H groups in total. The topological polar surface area (TPSA) is 49.4 Å². The molecule has 17 heavy (non-hydrogen) atoms. The molecule has 1 atom stereocenters. The van der Waals surface area contributed by atoms with Crippen molar-refractivity contribution >= 4 is 11.8 Å². The highest BCUT2D eigenvalue weighted by Crippen LogP contribution is 2.19. The van der Waals surface area contributed by atoms with E-state index in [0.29, 0.717) is 18.9 Å². The van der Waals surface area contributed by atoms with Crippen LogP contribution >= 0.6 is 0 Å². The van der Waals surface area contributed by atoms with Crippen molar-refractivity contribution in [3.05, 3.63) is 0 Å². The lowest BCUT2D eigenvalue weighted by Crippen LogP contribution is -2.46. The second kappa shape index (κ2) is 6.29. The van der Waals surface area contributed by atoms with Gasteiger partial charge in [0.15, 0.2) is 0 Å². The van der Waals surface area contributed by atoms with E-state index in [1.807, 2.05) is 13.8 Å².